The Morgan fingerprint density at radius 3 is 3.04 bits per heavy atom. The summed E-state index contributed by atoms with van der Waals surface area (Å²) in [7, 11) is 0. The molecule has 1 N–H and O–H groups in total. The number of rotatable bonds is 2. The second-order valence-electron chi connectivity index (χ2n) is 6.56. The number of H-pyrrole nitrogens is 1. The number of nitrogens with zero attached hydrogens (tertiary/aromatic N) is 4. The predicted molar refractivity (Wildman–Crippen MR) is 94.3 cm³/mol. The number of carbonyl (C=O) groups excluding carboxylic acids is 2. The lowest BCUT2D eigenvalue weighted by Gasteiger charge is -2.28. The van der Waals surface area contributed by atoms with E-state index in [1.54, 1.807) is 34.2 Å². The van der Waals surface area contributed by atoms with Gasteiger partial charge in [-0.15, -0.1) is 0 Å². The molecule has 2 amide bonds. The highest BCUT2D eigenvalue weighted by Crippen LogP contribution is 2.30. The topological polar surface area (TPSA) is 93.1 Å². The Labute approximate surface area is 155 Å². The van der Waals surface area contributed by atoms with E-state index in [4.69, 9.17) is 16.9 Å². The molecular formula is C18H16ClN5O2. The zero-order valence-corrected chi connectivity index (χ0v) is 14.7. The SMILES string of the molecule is N#Cc1ccc(N2CC(C(=O)N3CCc4cn[nH]c4C3)CC2=O)cc1Cl. The van der Waals surface area contributed by atoms with Crippen molar-refractivity contribution in [1.29, 1.82) is 5.26 Å². The average molecular weight is 370 g/mol. The molecular weight excluding hydrogens is 354 g/mol. The summed E-state index contributed by atoms with van der Waals surface area (Å²) in [5, 5.41) is 16.2. The van der Waals surface area contributed by atoms with Gasteiger partial charge in [0.25, 0.3) is 0 Å². The smallest absolute Gasteiger partial charge is 0.228 e. The van der Waals surface area contributed by atoms with Crippen LogP contribution in [0.4, 0.5) is 5.69 Å². The van der Waals surface area contributed by atoms with Crippen molar-refractivity contribution in [2.24, 2.45) is 5.92 Å². The van der Waals surface area contributed by atoms with Gasteiger partial charge in [-0.25, -0.2) is 0 Å². The van der Waals surface area contributed by atoms with Crippen LogP contribution in [0.2, 0.25) is 5.02 Å². The van der Waals surface area contributed by atoms with Crippen LogP contribution >= 0.6 is 11.6 Å². The lowest BCUT2D eigenvalue weighted by Crippen LogP contribution is -2.40. The fourth-order valence-electron chi connectivity index (χ4n) is 3.55. The van der Waals surface area contributed by atoms with Crippen molar-refractivity contribution in [2.45, 2.75) is 19.4 Å². The van der Waals surface area contributed by atoms with Crippen LogP contribution in [-0.2, 0) is 22.6 Å². The first-order valence-electron chi connectivity index (χ1n) is 8.36. The molecule has 3 heterocycles. The van der Waals surface area contributed by atoms with Gasteiger partial charge in [-0.1, -0.05) is 11.6 Å². The fraction of sp³-hybridized carbons (Fsp3) is 0.333. The number of aromatic nitrogens is 2. The molecule has 1 aromatic heterocycles. The Balaban J connectivity index is 1.49. The second-order valence-corrected chi connectivity index (χ2v) is 6.97. The van der Waals surface area contributed by atoms with E-state index in [2.05, 4.69) is 10.2 Å². The third-order valence-electron chi connectivity index (χ3n) is 4.98. The molecule has 26 heavy (non-hydrogen) atoms. The normalized spacial score (nSPS) is 19.4. The number of aromatic amines is 1. The van der Waals surface area contributed by atoms with Crippen molar-refractivity contribution in [2.75, 3.05) is 18.0 Å². The molecule has 2 aliphatic rings. The van der Waals surface area contributed by atoms with Crippen LogP contribution in [0.5, 0.6) is 0 Å². The van der Waals surface area contributed by atoms with Crippen LogP contribution in [0.1, 0.15) is 23.2 Å². The first kappa shape index (κ1) is 16.6. The fourth-order valence-corrected chi connectivity index (χ4v) is 3.76. The van der Waals surface area contributed by atoms with Gasteiger partial charge in [0.15, 0.2) is 0 Å². The summed E-state index contributed by atoms with van der Waals surface area (Å²) in [5.74, 6) is -0.495. The minimum absolute atomic E-state index is 0.0131. The minimum atomic E-state index is -0.374. The third kappa shape index (κ3) is 2.82. The summed E-state index contributed by atoms with van der Waals surface area (Å²) >= 11 is 6.07. The van der Waals surface area contributed by atoms with Crippen molar-refractivity contribution < 1.29 is 9.59 Å². The molecule has 7 nitrogen and oxygen atoms in total. The van der Waals surface area contributed by atoms with Crippen LogP contribution in [-0.4, -0.2) is 40.0 Å². The zero-order chi connectivity index (χ0) is 18.3. The van der Waals surface area contributed by atoms with E-state index >= 15 is 0 Å². The van der Waals surface area contributed by atoms with Crippen molar-refractivity contribution in [3.63, 3.8) is 0 Å². The van der Waals surface area contributed by atoms with Crippen molar-refractivity contribution >= 4 is 29.1 Å². The van der Waals surface area contributed by atoms with Crippen LogP contribution in [0.15, 0.2) is 24.4 Å². The number of nitriles is 1. The molecule has 0 radical (unpaired) electrons. The highest BCUT2D eigenvalue weighted by molar-refractivity contribution is 6.32. The summed E-state index contributed by atoms with van der Waals surface area (Å²) in [6, 6.07) is 6.87. The Morgan fingerprint density at radius 2 is 2.27 bits per heavy atom. The van der Waals surface area contributed by atoms with E-state index in [1.807, 2.05) is 6.07 Å². The van der Waals surface area contributed by atoms with Crippen LogP contribution in [0.25, 0.3) is 0 Å². The monoisotopic (exact) mass is 369 g/mol. The molecule has 8 heteroatoms. The summed E-state index contributed by atoms with van der Waals surface area (Å²) in [6.07, 6.45) is 2.75. The zero-order valence-electron chi connectivity index (χ0n) is 13.9. The maximum Gasteiger partial charge on any atom is 0.228 e. The van der Waals surface area contributed by atoms with Gasteiger partial charge in [0.1, 0.15) is 6.07 Å². The van der Waals surface area contributed by atoms with Gasteiger partial charge in [0.2, 0.25) is 11.8 Å². The van der Waals surface area contributed by atoms with E-state index in [1.165, 1.54) is 0 Å². The van der Waals surface area contributed by atoms with Crippen molar-refractivity contribution in [3.05, 3.63) is 46.2 Å². The maximum absolute atomic E-state index is 12.9. The molecule has 0 bridgehead atoms. The van der Waals surface area contributed by atoms with Crippen LogP contribution < -0.4 is 4.90 Å². The molecule has 1 aromatic carbocycles. The highest BCUT2D eigenvalue weighted by Gasteiger charge is 2.38. The number of amides is 2. The number of nitrogens with one attached hydrogen (secondary N) is 1. The number of carbonyl (C=O) groups is 2. The molecule has 1 unspecified atom stereocenters. The summed E-state index contributed by atoms with van der Waals surface area (Å²) in [5.41, 5.74) is 3.08. The van der Waals surface area contributed by atoms with Gasteiger partial charge in [-0.2, -0.15) is 10.4 Å². The largest absolute Gasteiger partial charge is 0.336 e. The van der Waals surface area contributed by atoms with Crippen LogP contribution in [0, 0.1) is 17.2 Å². The van der Waals surface area contributed by atoms with E-state index in [-0.39, 0.29) is 24.2 Å². The van der Waals surface area contributed by atoms with E-state index in [9.17, 15) is 9.59 Å². The number of benzene rings is 1. The molecule has 1 fully saturated rings. The Kier molecular flexibility index (Phi) is 4.13. The summed E-state index contributed by atoms with van der Waals surface area (Å²) < 4.78 is 0. The number of hydrogen-bond acceptors (Lipinski definition) is 4. The molecule has 1 saturated heterocycles. The molecule has 132 valence electrons. The molecule has 0 spiro atoms. The number of fused-ring (bicyclic) bond motifs is 1. The minimum Gasteiger partial charge on any atom is -0.336 e. The standard InChI is InChI=1S/C18H16ClN5O2/c19-15-6-14(2-1-11(15)7-20)24-9-13(5-17(24)25)18(26)23-4-3-12-8-21-22-16(12)10-23/h1-2,6,8,13H,3-5,9-10H2,(H,21,22). The number of hydrogen-bond donors (Lipinski definition) is 1. The molecule has 2 aromatic rings. The first-order chi connectivity index (χ1) is 12.6. The molecule has 4 rings (SSSR count). The van der Waals surface area contributed by atoms with Gasteiger partial charge < -0.3 is 9.80 Å². The first-order valence-corrected chi connectivity index (χ1v) is 8.74. The maximum atomic E-state index is 12.9. The Bertz CT molecular complexity index is 932. The quantitative estimate of drug-likeness (QED) is 0.874. The molecule has 2 aliphatic heterocycles. The average Bonchev–Trinajstić information content (AvgIpc) is 3.26. The summed E-state index contributed by atoms with van der Waals surface area (Å²) in [4.78, 5) is 28.6. The highest BCUT2D eigenvalue weighted by atomic mass is 35.5. The van der Waals surface area contributed by atoms with Gasteiger partial charge in [0.05, 0.1) is 34.9 Å². The molecule has 0 aliphatic carbocycles. The van der Waals surface area contributed by atoms with Gasteiger partial charge in [-0.05, 0) is 30.2 Å². The second kappa shape index (κ2) is 6.46. The van der Waals surface area contributed by atoms with Crippen molar-refractivity contribution in [1.82, 2.24) is 15.1 Å². The molecule has 0 saturated carbocycles. The number of halogens is 1. The number of anilines is 1. The Hall–Kier alpha value is -2.85. The van der Waals surface area contributed by atoms with Gasteiger partial charge in [-0.3, -0.25) is 14.7 Å². The van der Waals surface area contributed by atoms with Gasteiger partial charge >= 0.3 is 0 Å². The molecule has 1 atom stereocenters. The van der Waals surface area contributed by atoms with Crippen molar-refractivity contribution in [3.8, 4) is 6.07 Å². The lowest BCUT2D eigenvalue weighted by molar-refractivity contribution is -0.136. The Morgan fingerprint density at radius 1 is 1.42 bits per heavy atom. The van der Waals surface area contributed by atoms with E-state index < -0.39 is 0 Å². The summed E-state index contributed by atoms with van der Waals surface area (Å²) in [6.45, 7) is 1.46. The predicted octanol–water partition coefficient (Wildman–Crippen LogP) is 1.87. The van der Waals surface area contributed by atoms with Crippen LogP contribution in [0.3, 0.4) is 0 Å². The van der Waals surface area contributed by atoms with E-state index in [0.29, 0.717) is 35.9 Å². The lowest BCUT2D eigenvalue weighted by atomic mass is 10.0. The van der Waals surface area contributed by atoms with E-state index in [0.717, 1.165) is 17.7 Å². The van der Waals surface area contributed by atoms with Gasteiger partial charge in [0, 0.05) is 25.2 Å². The third-order valence-corrected chi connectivity index (χ3v) is 5.29.